The van der Waals surface area contributed by atoms with Gasteiger partial charge < -0.3 is 10.2 Å². The summed E-state index contributed by atoms with van der Waals surface area (Å²) in [5.74, 6) is -0.0935. The maximum atomic E-state index is 12.7. The van der Waals surface area contributed by atoms with E-state index in [1.54, 1.807) is 23.2 Å². The van der Waals surface area contributed by atoms with Crippen LogP contribution in [0.2, 0.25) is 0 Å². The van der Waals surface area contributed by atoms with Gasteiger partial charge in [-0.05, 0) is 33.3 Å². The molecule has 1 atom stereocenters. The monoisotopic (exact) mass is 343 g/mol. The molecule has 1 saturated heterocycles. The quantitative estimate of drug-likeness (QED) is 0.680. The molecular weight excluding hydrogens is 322 g/mol. The van der Waals surface area contributed by atoms with Gasteiger partial charge in [-0.2, -0.15) is 5.10 Å². The van der Waals surface area contributed by atoms with Gasteiger partial charge in [0, 0.05) is 24.9 Å². The standard InChI is InChI=1S/C17H21N5O3/c1-17(2,3)21-11-12(10-18-21)19-15-7-8-20(16(15)23)13-5-4-6-14(9-13)22(24)25/h4-6,9-11,15,19H,7-8H2,1-3H3/t15-/m0/s1. The van der Waals surface area contributed by atoms with Gasteiger partial charge in [0.1, 0.15) is 6.04 Å². The first-order chi connectivity index (χ1) is 11.8. The topological polar surface area (TPSA) is 93.3 Å². The third kappa shape index (κ3) is 3.47. The van der Waals surface area contributed by atoms with E-state index in [2.05, 4.69) is 31.2 Å². The van der Waals surface area contributed by atoms with Crippen LogP contribution in [0.4, 0.5) is 17.1 Å². The van der Waals surface area contributed by atoms with E-state index in [1.165, 1.54) is 12.1 Å². The molecule has 1 fully saturated rings. The van der Waals surface area contributed by atoms with Crippen molar-refractivity contribution >= 4 is 23.0 Å². The SMILES string of the molecule is CC(C)(C)n1cc(N[C@H]2CCN(c3cccc([N+](=O)[O-])c3)C2=O)cn1. The third-order valence-corrected chi connectivity index (χ3v) is 4.17. The summed E-state index contributed by atoms with van der Waals surface area (Å²) in [4.78, 5) is 24.7. The lowest BCUT2D eigenvalue weighted by atomic mass is 10.1. The highest BCUT2D eigenvalue weighted by atomic mass is 16.6. The zero-order chi connectivity index (χ0) is 18.2. The first-order valence-corrected chi connectivity index (χ1v) is 8.13. The van der Waals surface area contributed by atoms with Crippen LogP contribution >= 0.6 is 0 Å². The van der Waals surface area contributed by atoms with Crippen LogP contribution in [0.15, 0.2) is 36.7 Å². The Balaban J connectivity index is 1.73. The van der Waals surface area contributed by atoms with Gasteiger partial charge >= 0.3 is 0 Å². The second-order valence-corrected chi connectivity index (χ2v) is 7.10. The minimum atomic E-state index is -0.458. The summed E-state index contributed by atoms with van der Waals surface area (Å²) < 4.78 is 1.84. The number of hydrogen-bond donors (Lipinski definition) is 1. The zero-order valence-electron chi connectivity index (χ0n) is 14.5. The van der Waals surface area contributed by atoms with E-state index in [9.17, 15) is 14.9 Å². The lowest BCUT2D eigenvalue weighted by Gasteiger charge is -2.19. The maximum absolute atomic E-state index is 12.7. The predicted octanol–water partition coefficient (Wildman–Crippen LogP) is 2.76. The van der Waals surface area contributed by atoms with Gasteiger partial charge in [-0.3, -0.25) is 19.6 Å². The number of aromatic nitrogens is 2. The Labute approximate surface area is 145 Å². The Hall–Kier alpha value is -2.90. The molecular formula is C17H21N5O3. The number of carbonyl (C=O) groups excluding carboxylic acids is 1. The number of nitrogens with zero attached hydrogens (tertiary/aromatic N) is 4. The molecule has 3 rings (SSSR count). The molecule has 1 N–H and O–H groups in total. The summed E-state index contributed by atoms with van der Waals surface area (Å²) in [6.07, 6.45) is 4.21. The Kier molecular flexibility index (Phi) is 4.20. The molecule has 1 aromatic heterocycles. The van der Waals surface area contributed by atoms with Crippen molar-refractivity contribution in [2.75, 3.05) is 16.8 Å². The molecule has 0 bridgehead atoms. The minimum absolute atomic E-state index is 0.0202. The number of anilines is 2. The lowest BCUT2D eigenvalue weighted by molar-refractivity contribution is -0.384. The second-order valence-electron chi connectivity index (χ2n) is 7.10. The molecule has 132 valence electrons. The summed E-state index contributed by atoms with van der Waals surface area (Å²) >= 11 is 0. The molecule has 1 aliphatic rings. The van der Waals surface area contributed by atoms with Crippen molar-refractivity contribution in [2.24, 2.45) is 0 Å². The zero-order valence-corrected chi connectivity index (χ0v) is 14.5. The number of non-ortho nitro benzene ring substituents is 1. The number of nitrogens with one attached hydrogen (secondary N) is 1. The molecule has 8 nitrogen and oxygen atoms in total. The molecule has 0 saturated carbocycles. The van der Waals surface area contributed by atoms with E-state index in [0.29, 0.717) is 18.7 Å². The average Bonchev–Trinajstić information content (AvgIpc) is 3.15. The Morgan fingerprint density at radius 2 is 2.12 bits per heavy atom. The van der Waals surface area contributed by atoms with Crippen molar-refractivity contribution < 1.29 is 9.72 Å². The van der Waals surface area contributed by atoms with Crippen molar-refractivity contribution in [3.63, 3.8) is 0 Å². The van der Waals surface area contributed by atoms with Crippen LogP contribution in [-0.4, -0.2) is 33.2 Å². The third-order valence-electron chi connectivity index (χ3n) is 4.17. The number of benzene rings is 1. The highest BCUT2D eigenvalue weighted by Crippen LogP contribution is 2.27. The molecule has 0 spiro atoms. The molecule has 8 heteroatoms. The van der Waals surface area contributed by atoms with E-state index in [1.807, 2.05) is 10.9 Å². The Morgan fingerprint density at radius 1 is 1.36 bits per heavy atom. The van der Waals surface area contributed by atoms with Crippen LogP contribution in [0, 0.1) is 10.1 Å². The normalized spacial score (nSPS) is 17.8. The fourth-order valence-corrected chi connectivity index (χ4v) is 2.81. The van der Waals surface area contributed by atoms with Crippen LogP contribution in [0.25, 0.3) is 0 Å². The molecule has 0 aliphatic carbocycles. The predicted molar refractivity (Wildman–Crippen MR) is 94.7 cm³/mol. The number of nitro benzene ring substituents is 1. The molecule has 0 radical (unpaired) electrons. The minimum Gasteiger partial charge on any atom is -0.371 e. The number of hydrogen-bond acceptors (Lipinski definition) is 5. The molecule has 1 aliphatic heterocycles. The van der Waals surface area contributed by atoms with E-state index in [0.717, 1.165) is 5.69 Å². The molecule has 2 heterocycles. The van der Waals surface area contributed by atoms with Crippen molar-refractivity contribution in [1.82, 2.24) is 9.78 Å². The number of rotatable bonds is 4. The van der Waals surface area contributed by atoms with E-state index >= 15 is 0 Å². The largest absolute Gasteiger partial charge is 0.371 e. The van der Waals surface area contributed by atoms with Gasteiger partial charge in [0.15, 0.2) is 0 Å². The number of amides is 1. The number of nitro groups is 1. The fourth-order valence-electron chi connectivity index (χ4n) is 2.81. The van der Waals surface area contributed by atoms with Crippen molar-refractivity contribution in [3.05, 3.63) is 46.8 Å². The van der Waals surface area contributed by atoms with Crippen LogP contribution in [0.5, 0.6) is 0 Å². The van der Waals surface area contributed by atoms with Crippen LogP contribution < -0.4 is 10.2 Å². The summed E-state index contributed by atoms with van der Waals surface area (Å²) in [5, 5.41) is 18.4. The lowest BCUT2D eigenvalue weighted by Crippen LogP contribution is -2.33. The molecule has 25 heavy (non-hydrogen) atoms. The molecule has 2 aromatic rings. The van der Waals surface area contributed by atoms with Gasteiger partial charge in [0.25, 0.3) is 5.69 Å². The van der Waals surface area contributed by atoms with E-state index in [4.69, 9.17) is 0 Å². The van der Waals surface area contributed by atoms with Gasteiger partial charge in [-0.1, -0.05) is 6.07 Å². The highest BCUT2D eigenvalue weighted by molar-refractivity contribution is 6.01. The van der Waals surface area contributed by atoms with Gasteiger partial charge in [-0.25, -0.2) is 0 Å². The van der Waals surface area contributed by atoms with Crippen molar-refractivity contribution in [1.29, 1.82) is 0 Å². The van der Waals surface area contributed by atoms with Gasteiger partial charge in [0.05, 0.1) is 28.0 Å². The van der Waals surface area contributed by atoms with Gasteiger partial charge in [0.2, 0.25) is 5.91 Å². The van der Waals surface area contributed by atoms with Crippen LogP contribution in [-0.2, 0) is 10.3 Å². The summed E-state index contributed by atoms with van der Waals surface area (Å²) in [6.45, 7) is 6.67. The first kappa shape index (κ1) is 16.9. The summed E-state index contributed by atoms with van der Waals surface area (Å²) in [5.41, 5.74) is 1.19. The molecule has 1 amide bonds. The van der Waals surface area contributed by atoms with E-state index < -0.39 is 4.92 Å². The fraction of sp³-hybridized carbons (Fsp3) is 0.412. The smallest absolute Gasteiger partial charge is 0.271 e. The van der Waals surface area contributed by atoms with Crippen LogP contribution in [0.1, 0.15) is 27.2 Å². The Morgan fingerprint density at radius 3 is 2.76 bits per heavy atom. The van der Waals surface area contributed by atoms with Crippen molar-refractivity contribution in [2.45, 2.75) is 38.8 Å². The highest BCUT2D eigenvalue weighted by Gasteiger charge is 2.33. The van der Waals surface area contributed by atoms with E-state index in [-0.39, 0.29) is 23.2 Å². The second kappa shape index (κ2) is 6.19. The Bertz CT molecular complexity index is 809. The summed E-state index contributed by atoms with van der Waals surface area (Å²) in [7, 11) is 0. The maximum Gasteiger partial charge on any atom is 0.271 e. The summed E-state index contributed by atoms with van der Waals surface area (Å²) in [6, 6.07) is 5.79. The van der Waals surface area contributed by atoms with Crippen LogP contribution in [0.3, 0.4) is 0 Å². The first-order valence-electron chi connectivity index (χ1n) is 8.13. The molecule has 0 unspecified atom stereocenters. The number of carbonyl (C=O) groups is 1. The molecule has 1 aromatic carbocycles. The average molecular weight is 343 g/mol. The van der Waals surface area contributed by atoms with Crippen molar-refractivity contribution in [3.8, 4) is 0 Å². The van der Waals surface area contributed by atoms with Gasteiger partial charge in [-0.15, -0.1) is 0 Å².